The van der Waals surface area contributed by atoms with Crippen LogP contribution >= 0.6 is 23.2 Å². The van der Waals surface area contributed by atoms with Crippen molar-refractivity contribution >= 4 is 40.7 Å². The highest BCUT2D eigenvalue weighted by molar-refractivity contribution is 6.40. The normalized spacial score (nSPS) is 10.1. The molecule has 22 heavy (non-hydrogen) atoms. The van der Waals surface area contributed by atoms with Crippen LogP contribution in [-0.4, -0.2) is 11.8 Å². The zero-order chi connectivity index (χ0) is 16.1. The number of halogens is 3. The van der Waals surface area contributed by atoms with E-state index < -0.39 is 17.6 Å². The fourth-order valence-corrected chi connectivity index (χ4v) is 2.04. The lowest BCUT2D eigenvalue weighted by Gasteiger charge is -2.08. The minimum Gasteiger partial charge on any atom is -0.344 e. The maximum atomic E-state index is 13.0. The molecule has 0 heterocycles. The number of amides is 2. The van der Waals surface area contributed by atoms with Crippen LogP contribution in [0.5, 0.6) is 0 Å². The summed E-state index contributed by atoms with van der Waals surface area (Å²) in [6, 6.07) is 10.6. The molecule has 2 aromatic rings. The third-order valence-electron chi connectivity index (χ3n) is 2.78. The van der Waals surface area contributed by atoms with Crippen molar-refractivity contribution < 1.29 is 14.0 Å². The summed E-state index contributed by atoms with van der Waals surface area (Å²) >= 11 is 11.5. The molecule has 2 rings (SSSR count). The molecule has 0 aliphatic rings. The molecular weight excluding hydrogens is 330 g/mol. The predicted molar refractivity (Wildman–Crippen MR) is 83.3 cm³/mol. The van der Waals surface area contributed by atoms with E-state index in [1.165, 1.54) is 12.1 Å². The summed E-state index contributed by atoms with van der Waals surface area (Å²) in [5.41, 5.74) is 0.916. The van der Waals surface area contributed by atoms with E-state index in [1.54, 1.807) is 24.3 Å². The van der Waals surface area contributed by atoms with Gasteiger partial charge < -0.3 is 10.6 Å². The van der Waals surface area contributed by atoms with Crippen molar-refractivity contribution in [3.05, 3.63) is 63.9 Å². The number of carbonyl (C=O) groups is 2. The highest BCUT2D eigenvalue weighted by Gasteiger charge is 2.14. The van der Waals surface area contributed by atoms with Gasteiger partial charge in [0.2, 0.25) is 0 Å². The quantitative estimate of drug-likeness (QED) is 0.841. The van der Waals surface area contributed by atoms with Crippen LogP contribution in [0.1, 0.15) is 5.56 Å². The van der Waals surface area contributed by atoms with Gasteiger partial charge in [-0.2, -0.15) is 0 Å². The molecule has 4 nitrogen and oxygen atoms in total. The summed E-state index contributed by atoms with van der Waals surface area (Å²) in [5.74, 6) is -2.32. The molecule has 0 radical (unpaired) electrons. The average Bonchev–Trinajstić information content (AvgIpc) is 2.50. The minimum atomic E-state index is -0.880. The maximum absolute atomic E-state index is 13.0. The van der Waals surface area contributed by atoms with Crippen LogP contribution < -0.4 is 10.6 Å². The number of anilines is 1. The lowest BCUT2D eigenvalue weighted by molar-refractivity contribution is -0.136. The van der Waals surface area contributed by atoms with Crippen molar-refractivity contribution in [1.82, 2.24) is 5.32 Å². The van der Waals surface area contributed by atoms with E-state index in [1.807, 2.05) is 0 Å². The molecule has 0 aliphatic carbocycles. The van der Waals surface area contributed by atoms with E-state index in [-0.39, 0.29) is 17.3 Å². The molecule has 7 heteroatoms. The van der Waals surface area contributed by atoms with Crippen LogP contribution in [0.25, 0.3) is 0 Å². The zero-order valence-corrected chi connectivity index (χ0v) is 12.7. The van der Waals surface area contributed by atoms with E-state index in [0.717, 1.165) is 6.07 Å². The molecule has 2 aromatic carbocycles. The number of hydrogen-bond donors (Lipinski definition) is 2. The Balaban J connectivity index is 1.93. The number of carbonyl (C=O) groups excluding carboxylic acids is 2. The van der Waals surface area contributed by atoms with Crippen molar-refractivity contribution in [3.8, 4) is 0 Å². The van der Waals surface area contributed by atoms with Gasteiger partial charge in [0, 0.05) is 17.3 Å². The van der Waals surface area contributed by atoms with Crippen LogP contribution in [0.4, 0.5) is 10.1 Å². The van der Waals surface area contributed by atoms with Gasteiger partial charge in [-0.25, -0.2) is 4.39 Å². The van der Waals surface area contributed by atoms with Gasteiger partial charge in [0.15, 0.2) is 0 Å². The van der Waals surface area contributed by atoms with Crippen molar-refractivity contribution in [2.24, 2.45) is 0 Å². The van der Waals surface area contributed by atoms with Crippen LogP contribution in [-0.2, 0) is 16.1 Å². The van der Waals surface area contributed by atoms with Gasteiger partial charge in [0.25, 0.3) is 0 Å². The summed E-state index contributed by atoms with van der Waals surface area (Å²) in [6.45, 7) is 0.121. The average molecular weight is 341 g/mol. The smallest absolute Gasteiger partial charge is 0.313 e. The van der Waals surface area contributed by atoms with Gasteiger partial charge in [-0.3, -0.25) is 9.59 Å². The second-order valence-corrected chi connectivity index (χ2v) is 5.17. The van der Waals surface area contributed by atoms with Crippen LogP contribution in [0.2, 0.25) is 10.0 Å². The molecule has 0 atom stereocenters. The molecule has 0 saturated carbocycles. The molecule has 0 aliphatic heterocycles. The first-order valence-electron chi connectivity index (χ1n) is 6.25. The Labute approximate surface area is 136 Å². The van der Waals surface area contributed by atoms with Crippen molar-refractivity contribution in [3.63, 3.8) is 0 Å². The zero-order valence-electron chi connectivity index (χ0n) is 11.2. The Kier molecular flexibility index (Phi) is 5.35. The topological polar surface area (TPSA) is 58.2 Å². The third kappa shape index (κ3) is 4.19. The van der Waals surface area contributed by atoms with Gasteiger partial charge in [0.1, 0.15) is 5.82 Å². The molecule has 2 amide bonds. The first-order chi connectivity index (χ1) is 10.5. The Morgan fingerprint density at radius 1 is 1.00 bits per heavy atom. The molecule has 0 aromatic heterocycles. The second kappa shape index (κ2) is 7.24. The maximum Gasteiger partial charge on any atom is 0.313 e. The van der Waals surface area contributed by atoms with E-state index in [0.29, 0.717) is 10.6 Å². The Bertz CT molecular complexity index is 722. The molecule has 0 fully saturated rings. The fraction of sp³-hybridized carbons (Fsp3) is 0.0667. The Morgan fingerprint density at radius 2 is 1.73 bits per heavy atom. The van der Waals surface area contributed by atoms with E-state index in [9.17, 15) is 14.0 Å². The SMILES string of the molecule is O=C(NCc1ccccc1Cl)C(=O)Nc1ccc(F)c(Cl)c1. The molecule has 0 spiro atoms. The molecule has 2 N–H and O–H groups in total. The number of benzene rings is 2. The summed E-state index contributed by atoms with van der Waals surface area (Å²) in [5, 5.41) is 5.12. The van der Waals surface area contributed by atoms with Crippen LogP contribution in [0, 0.1) is 5.82 Å². The summed E-state index contributed by atoms with van der Waals surface area (Å²) < 4.78 is 13.0. The highest BCUT2D eigenvalue weighted by Crippen LogP contribution is 2.19. The monoisotopic (exact) mass is 340 g/mol. The summed E-state index contributed by atoms with van der Waals surface area (Å²) in [6.07, 6.45) is 0. The van der Waals surface area contributed by atoms with Crippen molar-refractivity contribution in [1.29, 1.82) is 0 Å². The fourth-order valence-electron chi connectivity index (χ4n) is 1.66. The molecule has 0 unspecified atom stereocenters. The summed E-state index contributed by atoms with van der Waals surface area (Å²) in [4.78, 5) is 23.4. The first-order valence-corrected chi connectivity index (χ1v) is 7.00. The van der Waals surface area contributed by atoms with E-state index in [2.05, 4.69) is 10.6 Å². The third-order valence-corrected chi connectivity index (χ3v) is 3.44. The number of rotatable bonds is 3. The van der Waals surface area contributed by atoms with Crippen molar-refractivity contribution in [2.45, 2.75) is 6.54 Å². The number of nitrogens with one attached hydrogen (secondary N) is 2. The minimum absolute atomic E-state index is 0.121. The van der Waals surface area contributed by atoms with Crippen molar-refractivity contribution in [2.75, 3.05) is 5.32 Å². The van der Waals surface area contributed by atoms with Gasteiger partial charge in [-0.05, 0) is 29.8 Å². The molecule has 0 bridgehead atoms. The largest absolute Gasteiger partial charge is 0.344 e. The molecule has 0 saturated heterocycles. The van der Waals surface area contributed by atoms with Crippen LogP contribution in [0.15, 0.2) is 42.5 Å². The molecular formula is C15H11Cl2FN2O2. The highest BCUT2D eigenvalue weighted by atomic mass is 35.5. The lowest BCUT2D eigenvalue weighted by atomic mass is 10.2. The molecule has 114 valence electrons. The standard InChI is InChI=1S/C15H11Cl2FN2O2/c16-11-4-2-1-3-9(11)8-19-14(21)15(22)20-10-5-6-13(18)12(17)7-10/h1-7H,8H2,(H,19,21)(H,20,22). The predicted octanol–water partition coefficient (Wildman–Crippen LogP) is 3.39. The summed E-state index contributed by atoms with van der Waals surface area (Å²) in [7, 11) is 0. The Hall–Kier alpha value is -2.11. The lowest BCUT2D eigenvalue weighted by Crippen LogP contribution is -2.35. The number of hydrogen-bond acceptors (Lipinski definition) is 2. The van der Waals surface area contributed by atoms with Gasteiger partial charge >= 0.3 is 11.8 Å². The van der Waals surface area contributed by atoms with E-state index in [4.69, 9.17) is 23.2 Å². The van der Waals surface area contributed by atoms with E-state index >= 15 is 0 Å². The van der Waals surface area contributed by atoms with Gasteiger partial charge in [0.05, 0.1) is 5.02 Å². The second-order valence-electron chi connectivity index (χ2n) is 4.36. The van der Waals surface area contributed by atoms with Gasteiger partial charge in [-0.1, -0.05) is 41.4 Å². The van der Waals surface area contributed by atoms with Gasteiger partial charge in [-0.15, -0.1) is 0 Å². The van der Waals surface area contributed by atoms with Crippen LogP contribution in [0.3, 0.4) is 0 Å². The first kappa shape index (κ1) is 16.3. The Morgan fingerprint density at radius 3 is 2.41 bits per heavy atom.